The van der Waals surface area contributed by atoms with Crippen LogP contribution < -0.4 is 9.67 Å². The SMILES string of the molecule is O=C(NCl)c1cccc(C(=O)NCl)c1C(=O)O. The van der Waals surface area contributed by atoms with Crippen LogP contribution in [-0.2, 0) is 0 Å². The van der Waals surface area contributed by atoms with Crippen LogP contribution >= 0.6 is 23.6 Å². The molecule has 6 nitrogen and oxygen atoms in total. The van der Waals surface area contributed by atoms with Crippen molar-refractivity contribution >= 4 is 41.3 Å². The number of carboxylic acids is 1. The maximum absolute atomic E-state index is 11.3. The standard InChI is InChI=1S/C9H6Cl2N2O4/c10-12-7(14)4-2-1-3-5(8(15)13-11)6(4)9(16)17/h1-3H,(H,12,14)(H,13,15)(H,16,17). The number of carbonyl (C=O) groups is 3. The van der Waals surface area contributed by atoms with E-state index in [4.69, 9.17) is 28.7 Å². The van der Waals surface area contributed by atoms with Crippen molar-refractivity contribution in [3.8, 4) is 0 Å². The summed E-state index contributed by atoms with van der Waals surface area (Å²) in [6.07, 6.45) is 0. The van der Waals surface area contributed by atoms with E-state index in [1.807, 2.05) is 0 Å². The zero-order valence-electron chi connectivity index (χ0n) is 8.16. The highest BCUT2D eigenvalue weighted by Gasteiger charge is 2.23. The minimum Gasteiger partial charge on any atom is -0.478 e. The molecule has 17 heavy (non-hydrogen) atoms. The molecule has 0 aliphatic heterocycles. The quantitative estimate of drug-likeness (QED) is 0.722. The van der Waals surface area contributed by atoms with Crippen LogP contribution in [0.25, 0.3) is 0 Å². The van der Waals surface area contributed by atoms with Crippen molar-refractivity contribution in [1.82, 2.24) is 9.67 Å². The first-order valence-electron chi connectivity index (χ1n) is 4.21. The van der Waals surface area contributed by atoms with Crippen molar-refractivity contribution in [3.05, 3.63) is 34.9 Å². The lowest BCUT2D eigenvalue weighted by Gasteiger charge is -2.08. The summed E-state index contributed by atoms with van der Waals surface area (Å²) in [4.78, 5) is 37.2. The van der Waals surface area contributed by atoms with E-state index >= 15 is 0 Å². The zero-order chi connectivity index (χ0) is 13.0. The molecule has 0 aromatic heterocycles. The second-order valence-electron chi connectivity index (χ2n) is 2.88. The molecule has 3 N–H and O–H groups in total. The van der Waals surface area contributed by atoms with Crippen LogP contribution in [0.15, 0.2) is 18.2 Å². The molecule has 0 radical (unpaired) electrons. The fourth-order valence-corrected chi connectivity index (χ4v) is 1.47. The maximum Gasteiger partial charge on any atom is 0.337 e. The molecule has 0 atom stereocenters. The predicted octanol–water partition coefficient (Wildman–Crippen LogP) is 1.15. The number of carbonyl (C=O) groups excluding carboxylic acids is 2. The second kappa shape index (κ2) is 5.51. The Hall–Kier alpha value is -1.79. The van der Waals surface area contributed by atoms with Gasteiger partial charge in [0.05, 0.1) is 16.7 Å². The summed E-state index contributed by atoms with van der Waals surface area (Å²) >= 11 is 10.2. The van der Waals surface area contributed by atoms with Crippen molar-refractivity contribution in [2.75, 3.05) is 0 Å². The van der Waals surface area contributed by atoms with Crippen molar-refractivity contribution in [2.45, 2.75) is 0 Å². The minimum absolute atomic E-state index is 0.231. The third-order valence-corrected chi connectivity index (χ3v) is 2.28. The van der Waals surface area contributed by atoms with Gasteiger partial charge in [0.25, 0.3) is 11.8 Å². The summed E-state index contributed by atoms with van der Waals surface area (Å²) in [7, 11) is 0. The van der Waals surface area contributed by atoms with Crippen LogP contribution in [0, 0.1) is 0 Å². The van der Waals surface area contributed by atoms with E-state index in [1.165, 1.54) is 18.2 Å². The first-order valence-corrected chi connectivity index (χ1v) is 4.96. The molecule has 0 saturated heterocycles. The normalized spacial score (nSPS) is 9.53. The highest BCUT2D eigenvalue weighted by molar-refractivity contribution is 6.27. The Morgan fingerprint density at radius 3 is 1.71 bits per heavy atom. The summed E-state index contributed by atoms with van der Waals surface area (Å²) in [5.41, 5.74) is -0.931. The average molecular weight is 277 g/mol. The van der Waals surface area contributed by atoms with Crippen LogP contribution in [-0.4, -0.2) is 22.9 Å². The number of aromatic carboxylic acids is 1. The summed E-state index contributed by atoms with van der Waals surface area (Å²) in [5, 5.41) is 8.99. The smallest absolute Gasteiger partial charge is 0.337 e. The van der Waals surface area contributed by atoms with Gasteiger partial charge in [-0.15, -0.1) is 0 Å². The Kier molecular flexibility index (Phi) is 4.30. The highest BCUT2D eigenvalue weighted by atomic mass is 35.5. The molecule has 0 unspecified atom stereocenters. The lowest BCUT2D eigenvalue weighted by Crippen LogP contribution is -2.23. The molecule has 1 aromatic carbocycles. The third kappa shape index (κ3) is 2.66. The molecular formula is C9H6Cl2N2O4. The van der Waals surface area contributed by atoms with Gasteiger partial charge in [0.15, 0.2) is 0 Å². The molecule has 0 aliphatic rings. The number of carboxylic acid groups (broad SMARTS) is 1. The third-order valence-electron chi connectivity index (χ3n) is 1.94. The van der Waals surface area contributed by atoms with E-state index in [9.17, 15) is 14.4 Å². The molecule has 0 heterocycles. The van der Waals surface area contributed by atoms with Crippen LogP contribution in [0.5, 0.6) is 0 Å². The molecule has 1 rings (SSSR count). The second-order valence-corrected chi connectivity index (χ2v) is 3.26. The summed E-state index contributed by atoms with van der Waals surface area (Å²) in [6.45, 7) is 0. The van der Waals surface area contributed by atoms with Crippen molar-refractivity contribution in [3.63, 3.8) is 0 Å². The number of benzene rings is 1. The maximum atomic E-state index is 11.3. The van der Waals surface area contributed by atoms with Crippen LogP contribution in [0.2, 0.25) is 0 Å². The average Bonchev–Trinajstić information content (AvgIpc) is 2.35. The van der Waals surface area contributed by atoms with Crippen molar-refractivity contribution < 1.29 is 19.5 Å². The minimum atomic E-state index is -1.43. The van der Waals surface area contributed by atoms with Gasteiger partial charge in [-0.25, -0.2) is 4.79 Å². The van der Waals surface area contributed by atoms with E-state index in [2.05, 4.69) is 0 Å². The van der Waals surface area contributed by atoms with Gasteiger partial charge in [-0.2, -0.15) is 0 Å². The Morgan fingerprint density at radius 1 is 1.00 bits per heavy atom. The molecule has 90 valence electrons. The van der Waals surface area contributed by atoms with Gasteiger partial charge in [0.1, 0.15) is 0 Å². The summed E-state index contributed by atoms with van der Waals surface area (Å²) in [5.74, 6) is -3.09. The van der Waals surface area contributed by atoms with Crippen LogP contribution in [0.3, 0.4) is 0 Å². The van der Waals surface area contributed by atoms with Gasteiger partial charge in [0, 0.05) is 23.6 Å². The molecule has 1 aromatic rings. The summed E-state index contributed by atoms with van der Waals surface area (Å²) < 4.78 is 0. The Morgan fingerprint density at radius 2 is 1.41 bits per heavy atom. The molecule has 2 amide bonds. The number of nitrogens with one attached hydrogen (secondary N) is 2. The van der Waals surface area contributed by atoms with E-state index in [1.54, 1.807) is 9.67 Å². The molecule has 8 heteroatoms. The predicted molar refractivity (Wildman–Crippen MR) is 60.0 cm³/mol. The topological polar surface area (TPSA) is 95.5 Å². The first-order chi connectivity index (χ1) is 8.02. The Balaban J connectivity index is 3.48. The Labute approximate surface area is 106 Å². The molecule has 0 saturated carbocycles. The van der Waals surface area contributed by atoms with E-state index < -0.39 is 23.3 Å². The van der Waals surface area contributed by atoms with Crippen LogP contribution in [0.1, 0.15) is 31.1 Å². The van der Waals surface area contributed by atoms with Crippen molar-refractivity contribution in [2.24, 2.45) is 0 Å². The van der Waals surface area contributed by atoms with Gasteiger partial charge in [-0.1, -0.05) is 6.07 Å². The number of hydrogen-bond acceptors (Lipinski definition) is 3. The number of amides is 2. The lowest BCUT2D eigenvalue weighted by atomic mass is 10.00. The monoisotopic (exact) mass is 276 g/mol. The number of halogens is 2. The van der Waals surface area contributed by atoms with E-state index in [0.29, 0.717) is 0 Å². The van der Waals surface area contributed by atoms with E-state index in [0.717, 1.165) is 0 Å². The van der Waals surface area contributed by atoms with Crippen LogP contribution in [0.4, 0.5) is 0 Å². The first kappa shape index (κ1) is 13.3. The molecule has 0 spiro atoms. The molecule has 0 aliphatic carbocycles. The van der Waals surface area contributed by atoms with Gasteiger partial charge >= 0.3 is 5.97 Å². The van der Waals surface area contributed by atoms with Gasteiger partial charge in [0.2, 0.25) is 0 Å². The molecule has 0 fully saturated rings. The lowest BCUT2D eigenvalue weighted by molar-refractivity contribution is 0.0686. The number of rotatable bonds is 3. The summed E-state index contributed by atoms with van der Waals surface area (Å²) in [6, 6.07) is 3.80. The van der Waals surface area contributed by atoms with Gasteiger partial charge in [-0.3, -0.25) is 19.3 Å². The fraction of sp³-hybridized carbons (Fsp3) is 0. The zero-order valence-corrected chi connectivity index (χ0v) is 9.67. The van der Waals surface area contributed by atoms with Crippen molar-refractivity contribution in [1.29, 1.82) is 0 Å². The Bertz CT molecular complexity index is 456. The molecule has 0 bridgehead atoms. The van der Waals surface area contributed by atoms with Gasteiger partial charge in [-0.05, 0) is 12.1 Å². The highest BCUT2D eigenvalue weighted by Crippen LogP contribution is 2.16. The van der Waals surface area contributed by atoms with E-state index in [-0.39, 0.29) is 11.1 Å². The molecular weight excluding hydrogens is 271 g/mol. The van der Waals surface area contributed by atoms with Gasteiger partial charge < -0.3 is 5.11 Å². The largest absolute Gasteiger partial charge is 0.478 e. The number of hydrogen-bond donors (Lipinski definition) is 3. The fourth-order valence-electron chi connectivity index (χ4n) is 1.26.